The monoisotopic (exact) mass is 464 g/mol. The van der Waals surface area contributed by atoms with Gasteiger partial charge in [0.1, 0.15) is 5.75 Å². The Bertz CT molecular complexity index is 1240. The average molecular weight is 465 g/mol. The van der Waals surface area contributed by atoms with Gasteiger partial charge in [-0.2, -0.15) is 4.31 Å². The highest BCUT2D eigenvalue weighted by Crippen LogP contribution is 2.36. The predicted octanol–water partition coefficient (Wildman–Crippen LogP) is 4.00. The third kappa shape index (κ3) is 5.10. The number of fused-ring (bicyclic) bond motifs is 1. The zero-order valence-corrected chi connectivity index (χ0v) is 19.6. The van der Waals surface area contributed by atoms with Crippen molar-refractivity contribution in [1.82, 2.24) is 9.62 Å². The normalized spacial score (nSPS) is 16.1. The zero-order chi connectivity index (χ0) is 23.4. The molecule has 4 rings (SSSR count). The molecule has 0 fully saturated rings. The molecule has 0 spiro atoms. The van der Waals surface area contributed by atoms with Gasteiger partial charge in [0.15, 0.2) is 0 Å². The fourth-order valence-electron chi connectivity index (χ4n) is 4.20. The van der Waals surface area contributed by atoms with Crippen LogP contribution in [0.2, 0.25) is 0 Å². The second kappa shape index (κ2) is 9.77. The van der Waals surface area contributed by atoms with Crippen LogP contribution in [0.4, 0.5) is 0 Å². The molecule has 1 unspecified atom stereocenters. The maximum Gasteiger partial charge on any atom is 0.243 e. The lowest BCUT2D eigenvalue weighted by Crippen LogP contribution is -2.42. The van der Waals surface area contributed by atoms with Crippen LogP contribution in [-0.4, -0.2) is 32.3 Å². The first-order valence-electron chi connectivity index (χ1n) is 10.9. The van der Waals surface area contributed by atoms with E-state index in [1.54, 1.807) is 31.4 Å². The molecule has 33 heavy (non-hydrogen) atoms. The Morgan fingerprint density at radius 1 is 1.06 bits per heavy atom. The molecule has 0 saturated heterocycles. The first-order valence-corrected chi connectivity index (χ1v) is 12.4. The maximum atomic E-state index is 13.5. The van der Waals surface area contributed by atoms with Crippen LogP contribution >= 0.6 is 0 Å². The second-order valence-corrected chi connectivity index (χ2v) is 10.1. The summed E-state index contributed by atoms with van der Waals surface area (Å²) >= 11 is 0. The van der Waals surface area contributed by atoms with E-state index in [4.69, 9.17) is 4.74 Å². The summed E-state index contributed by atoms with van der Waals surface area (Å²) in [5.41, 5.74) is 3.87. The van der Waals surface area contributed by atoms with Crippen molar-refractivity contribution in [1.29, 1.82) is 0 Å². The SMILES string of the molecule is COc1cccc(CNC(=O)CC2c3ccccc3CCN2S(=O)(=O)c2ccc(C)cc2)c1. The van der Waals surface area contributed by atoms with Crippen molar-refractivity contribution in [3.05, 3.63) is 95.1 Å². The summed E-state index contributed by atoms with van der Waals surface area (Å²) in [6.07, 6.45) is 0.662. The Hall–Kier alpha value is -3.16. The summed E-state index contributed by atoms with van der Waals surface area (Å²) in [7, 11) is -2.16. The van der Waals surface area contributed by atoms with Crippen LogP contribution in [0.5, 0.6) is 5.75 Å². The van der Waals surface area contributed by atoms with E-state index in [1.807, 2.05) is 55.5 Å². The fraction of sp³-hybridized carbons (Fsp3) is 0.269. The third-order valence-corrected chi connectivity index (χ3v) is 7.92. The first kappa shape index (κ1) is 23.0. The second-order valence-electron chi connectivity index (χ2n) is 8.23. The molecule has 3 aromatic carbocycles. The van der Waals surface area contributed by atoms with Gasteiger partial charge in [0.25, 0.3) is 0 Å². The van der Waals surface area contributed by atoms with Crippen molar-refractivity contribution in [2.24, 2.45) is 0 Å². The van der Waals surface area contributed by atoms with Crippen LogP contribution < -0.4 is 10.1 Å². The number of hydrogen-bond donors (Lipinski definition) is 1. The topological polar surface area (TPSA) is 75.7 Å². The number of carbonyl (C=O) groups is 1. The molecule has 0 bridgehead atoms. The number of carbonyl (C=O) groups excluding carboxylic acids is 1. The highest BCUT2D eigenvalue weighted by molar-refractivity contribution is 7.89. The van der Waals surface area contributed by atoms with Gasteiger partial charge in [0.2, 0.25) is 15.9 Å². The van der Waals surface area contributed by atoms with Gasteiger partial charge in [0, 0.05) is 19.5 Å². The molecule has 1 aliphatic rings. The number of benzene rings is 3. The molecule has 1 heterocycles. The van der Waals surface area contributed by atoms with Crippen LogP contribution in [0.25, 0.3) is 0 Å². The van der Waals surface area contributed by atoms with Gasteiger partial charge < -0.3 is 10.1 Å². The largest absolute Gasteiger partial charge is 0.497 e. The zero-order valence-electron chi connectivity index (χ0n) is 18.8. The van der Waals surface area contributed by atoms with Gasteiger partial charge in [-0.1, -0.05) is 54.1 Å². The molecular formula is C26H28N2O4S. The van der Waals surface area contributed by atoms with Crippen LogP contribution in [0.15, 0.2) is 77.7 Å². The van der Waals surface area contributed by atoms with E-state index in [9.17, 15) is 13.2 Å². The molecule has 0 radical (unpaired) electrons. The van der Waals surface area contributed by atoms with Crippen molar-refractivity contribution in [3.63, 3.8) is 0 Å². The Morgan fingerprint density at radius 3 is 2.58 bits per heavy atom. The maximum absolute atomic E-state index is 13.5. The lowest BCUT2D eigenvalue weighted by atomic mass is 9.92. The molecule has 1 N–H and O–H groups in total. The molecule has 7 heteroatoms. The highest BCUT2D eigenvalue weighted by atomic mass is 32.2. The number of hydrogen-bond acceptors (Lipinski definition) is 4. The molecule has 0 aromatic heterocycles. The highest BCUT2D eigenvalue weighted by Gasteiger charge is 2.37. The number of aryl methyl sites for hydroxylation is 1. The lowest BCUT2D eigenvalue weighted by molar-refractivity contribution is -0.122. The smallest absolute Gasteiger partial charge is 0.243 e. The van der Waals surface area contributed by atoms with E-state index >= 15 is 0 Å². The van der Waals surface area contributed by atoms with Crippen molar-refractivity contribution >= 4 is 15.9 Å². The minimum absolute atomic E-state index is 0.0477. The van der Waals surface area contributed by atoms with Gasteiger partial charge in [-0.05, 0) is 54.3 Å². The number of ether oxygens (including phenoxy) is 1. The van der Waals surface area contributed by atoms with Crippen LogP contribution in [0.3, 0.4) is 0 Å². The van der Waals surface area contributed by atoms with E-state index in [2.05, 4.69) is 5.32 Å². The van der Waals surface area contributed by atoms with Crippen LogP contribution in [0, 0.1) is 6.92 Å². The first-order chi connectivity index (χ1) is 15.9. The summed E-state index contributed by atoms with van der Waals surface area (Å²) in [4.78, 5) is 13.2. The molecule has 0 saturated carbocycles. The van der Waals surface area contributed by atoms with Crippen molar-refractivity contribution in [3.8, 4) is 5.75 Å². The number of rotatable bonds is 7. The molecule has 3 aromatic rings. The number of amides is 1. The summed E-state index contributed by atoms with van der Waals surface area (Å²) in [6.45, 7) is 2.60. The van der Waals surface area contributed by atoms with E-state index in [0.717, 1.165) is 28.0 Å². The molecular weight excluding hydrogens is 436 g/mol. The molecule has 172 valence electrons. The standard InChI is InChI=1S/C26H28N2O4S/c1-19-10-12-23(13-11-19)33(30,31)28-15-14-21-7-3-4-9-24(21)25(28)17-26(29)27-18-20-6-5-8-22(16-20)32-2/h3-13,16,25H,14-15,17-18H2,1-2H3,(H,27,29). The summed E-state index contributed by atoms with van der Waals surface area (Å²) < 4.78 is 33.8. The number of nitrogens with zero attached hydrogens (tertiary/aromatic N) is 1. The quantitative estimate of drug-likeness (QED) is 0.574. The Morgan fingerprint density at radius 2 is 1.82 bits per heavy atom. The minimum Gasteiger partial charge on any atom is -0.497 e. The average Bonchev–Trinajstić information content (AvgIpc) is 2.83. The van der Waals surface area contributed by atoms with Crippen molar-refractivity contribution in [2.45, 2.75) is 37.2 Å². The van der Waals surface area contributed by atoms with Crippen LogP contribution in [-0.2, 0) is 27.8 Å². The van der Waals surface area contributed by atoms with Gasteiger partial charge in [-0.25, -0.2) is 8.42 Å². The van der Waals surface area contributed by atoms with E-state index < -0.39 is 16.1 Å². The predicted molar refractivity (Wildman–Crippen MR) is 127 cm³/mol. The fourth-order valence-corrected chi connectivity index (χ4v) is 5.81. The van der Waals surface area contributed by atoms with E-state index in [-0.39, 0.29) is 17.2 Å². The van der Waals surface area contributed by atoms with Crippen LogP contribution in [0.1, 0.15) is 34.7 Å². The number of nitrogens with one attached hydrogen (secondary N) is 1. The summed E-state index contributed by atoms with van der Waals surface area (Å²) in [5.74, 6) is 0.516. The number of sulfonamides is 1. The number of methoxy groups -OCH3 is 1. The summed E-state index contributed by atoms with van der Waals surface area (Å²) in [5, 5.41) is 2.93. The van der Waals surface area contributed by atoms with E-state index in [0.29, 0.717) is 19.5 Å². The molecule has 1 atom stereocenters. The molecule has 1 amide bonds. The van der Waals surface area contributed by atoms with Gasteiger partial charge in [-0.3, -0.25) is 4.79 Å². The van der Waals surface area contributed by atoms with Gasteiger partial charge in [-0.15, -0.1) is 0 Å². The van der Waals surface area contributed by atoms with Crippen molar-refractivity contribution in [2.75, 3.05) is 13.7 Å². The molecule has 1 aliphatic heterocycles. The van der Waals surface area contributed by atoms with E-state index in [1.165, 1.54) is 4.31 Å². The molecule has 6 nitrogen and oxygen atoms in total. The van der Waals surface area contributed by atoms with Gasteiger partial charge >= 0.3 is 0 Å². The minimum atomic E-state index is -3.76. The summed E-state index contributed by atoms with van der Waals surface area (Å²) in [6, 6.07) is 21.5. The van der Waals surface area contributed by atoms with Gasteiger partial charge in [0.05, 0.1) is 18.0 Å². The Balaban J connectivity index is 1.57. The third-order valence-electron chi connectivity index (χ3n) is 5.99. The molecule has 0 aliphatic carbocycles. The Labute approximate surface area is 195 Å². The van der Waals surface area contributed by atoms with Crippen molar-refractivity contribution < 1.29 is 17.9 Å². The Kier molecular flexibility index (Phi) is 6.81. The lowest BCUT2D eigenvalue weighted by Gasteiger charge is -2.36.